The van der Waals surface area contributed by atoms with E-state index in [9.17, 15) is 4.79 Å². The summed E-state index contributed by atoms with van der Waals surface area (Å²) in [6.07, 6.45) is 0. The lowest BCUT2D eigenvalue weighted by atomic mass is 10.1. The summed E-state index contributed by atoms with van der Waals surface area (Å²) in [7, 11) is 0. The highest BCUT2D eigenvalue weighted by Crippen LogP contribution is 2.19. The first-order valence-corrected chi connectivity index (χ1v) is 7.22. The quantitative estimate of drug-likeness (QED) is 0.875. The van der Waals surface area contributed by atoms with Crippen molar-refractivity contribution < 1.29 is 4.79 Å². The SMILES string of the molecule is CC(=O)Nc1ccccc1CNC(C)c1ccsc1. The molecular formula is C15H18N2OS. The van der Waals surface area contributed by atoms with Gasteiger partial charge in [-0.15, -0.1) is 0 Å². The second-order valence-electron chi connectivity index (χ2n) is 4.50. The Morgan fingerprint density at radius 2 is 2.11 bits per heavy atom. The van der Waals surface area contributed by atoms with E-state index in [1.807, 2.05) is 24.3 Å². The zero-order chi connectivity index (χ0) is 13.7. The van der Waals surface area contributed by atoms with Crippen molar-refractivity contribution >= 4 is 22.9 Å². The van der Waals surface area contributed by atoms with E-state index < -0.39 is 0 Å². The normalized spacial score (nSPS) is 12.1. The van der Waals surface area contributed by atoms with Crippen molar-refractivity contribution in [1.29, 1.82) is 0 Å². The summed E-state index contributed by atoms with van der Waals surface area (Å²) >= 11 is 1.70. The summed E-state index contributed by atoms with van der Waals surface area (Å²) in [6.45, 7) is 4.40. The fourth-order valence-corrected chi connectivity index (χ4v) is 2.64. The van der Waals surface area contributed by atoms with Gasteiger partial charge in [0, 0.05) is 25.2 Å². The number of benzene rings is 1. The molecule has 0 radical (unpaired) electrons. The molecule has 0 aliphatic carbocycles. The lowest BCUT2D eigenvalue weighted by Gasteiger charge is -2.15. The molecule has 1 atom stereocenters. The molecule has 0 aliphatic rings. The lowest BCUT2D eigenvalue weighted by Crippen LogP contribution is -2.19. The van der Waals surface area contributed by atoms with Crippen LogP contribution in [0.1, 0.15) is 31.0 Å². The van der Waals surface area contributed by atoms with Crippen molar-refractivity contribution in [3.63, 3.8) is 0 Å². The van der Waals surface area contributed by atoms with Gasteiger partial charge in [-0.3, -0.25) is 4.79 Å². The highest BCUT2D eigenvalue weighted by atomic mass is 32.1. The van der Waals surface area contributed by atoms with Gasteiger partial charge < -0.3 is 10.6 Å². The Morgan fingerprint density at radius 1 is 1.32 bits per heavy atom. The maximum absolute atomic E-state index is 11.2. The molecule has 0 saturated heterocycles. The van der Waals surface area contributed by atoms with Gasteiger partial charge in [0.1, 0.15) is 0 Å². The summed E-state index contributed by atoms with van der Waals surface area (Å²) in [5.41, 5.74) is 3.27. The molecule has 0 saturated carbocycles. The highest BCUT2D eigenvalue weighted by Gasteiger charge is 2.07. The van der Waals surface area contributed by atoms with Gasteiger partial charge in [0.25, 0.3) is 0 Å². The molecule has 19 heavy (non-hydrogen) atoms. The maximum Gasteiger partial charge on any atom is 0.221 e. The molecule has 0 aliphatic heterocycles. The summed E-state index contributed by atoms with van der Waals surface area (Å²) in [5.74, 6) is -0.0432. The number of carbonyl (C=O) groups excluding carboxylic acids is 1. The summed E-state index contributed by atoms with van der Waals surface area (Å²) < 4.78 is 0. The Labute approximate surface area is 117 Å². The third-order valence-corrected chi connectivity index (χ3v) is 3.67. The van der Waals surface area contributed by atoms with Crippen LogP contribution < -0.4 is 10.6 Å². The second kappa shape index (κ2) is 6.50. The fourth-order valence-electron chi connectivity index (χ4n) is 1.89. The van der Waals surface area contributed by atoms with E-state index >= 15 is 0 Å². The summed E-state index contributed by atoms with van der Waals surface area (Å²) in [4.78, 5) is 11.2. The van der Waals surface area contributed by atoms with Gasteiger partial charge in [-0.05, 0) is 40.9 Å². The lowest BCUT2D eigenvalue weighted by molar-refractivity contribution is -0.114. The predicted octanol–water partition coefficient (Wildman–Crippen LogP) is 3.56. The number of para-hydroxylation sites is 1. The van der Waals surface area contributed by atoms with E-state index in [0.29, 0.717) is 6.04 Å². The first-order valence-electron chi connectivity index (χ1n) is 6.28. The van der Waals surface area contributed by atoms with Crippen LogP contribution in [-0.4, -0.2) is 5.91 Å². The van der Waals surface area contributed by atoms with E-state index in [2.05, 4.69) is 34.4 Å². The molecular weight excluding hydrogens is 256 g/mol. The van der Waals surface area contributed by atoms with Crippen LogP contribution in [0.15, 0.2) is 41.1 Å². The van der Waals surface area contributed by atoms with Gasteiger partial charge in [-0.25, -0.2) is 0 Å². The molecule has 1 unspecified atom stereocenters. The average molecular weight is 274 g/mol. The molecule has 2 N–H and O–H groups in total. The van der Waals surface area contributed by atoms with Crippen molar-refractivity contribution in [2.75, 3.05) is 5.32 Å². The van der Waals surface area contributed by atoms with E-state index in [0.717, 1.165) is 17.8 Å². The topological polar surface area (TPSA) is 41.1 Å². The molecule has 3 nitrogen and oxygen atoms in total. The zero-order valence-electron chi connectivity index (χ0n) is 11.1. The monoisotopic (exact) mass is 274 g/mol. The number of amides is 1. The number of carbonyl (C=O) groups is 1. The molecule has 1 heterocycles. The van der Waals surface area contributed by atoms with Gasteiger partial charge in [0.05, 0.1) is 0 Å². The van der Waals surface area contributed by atoms with Crippen LogP contribution >= 0.6 is 11.3 Å². The third kappa shape index (κ3) is 3.91. The fraction of sp³-hybridized carbons (Fsp3) is 0.267. The summed E-state index contributed by atoms with van der Waals surface area (Å²) in [6, 6.07) is 10.3. The van der Waals surface area contributed by atoms with Crippen molar-refractivity contribution in [2.24, 2.45) is 0 Å². The number of nitrogens with one attached hydrogen (secondary N) is 2. The number of anilines is 1. The van der Waals surface area contributed by atoms with Crippen LogP contribution in [0.25, 0.3) is 0 Å². The molecule has 0 fully saturated rings. The minimum atomic E-state index is -0.0432. The molecule has 0 bridgehead atoms. The van der Waals surface area contributed by atoms with Crippen molar-refractivity contribution in [2.45, 2.75) is 26.4 Å². The van der Waals surface area contributed by atoms with Gasteiger partial charge in [-0.1, -0.05) is 18.2 Å². The smallest absolute Gasteiger partial charge is 0.221 e. The number of hydrogen-bond acceptors (Lipinski definition) is 3. The van der Waals surface area contributed by atoms with Crippen molar-refractivity contribution in [1.82, 2.24) is 5.32 Å². The number of rotatable bonds is 5. The van der Waals surface area contributed by atoms with Gasteiger partial charge >= 0.3 is 0 Å². The highest BCUT2D eigenvalue weighted by molar-refractivity contribution is 7.07. The third-order valence-electron chi connectivity index (χ3n) is 2.97. The first-order chi connectivity index (χ1) is 9.16. The Balaban J connectivity index is 2.01. The van der Waals surface area contributed by atoms with Gasteiger partial charge in [-0.2, -0.15) is 11.3 Å². The van der Waals surface area contributed by atoms with Crippen LogP contribution in [0.5, 0.6) is 0 Å². The van der Waals surface area contributed by atoms with E-state index in [-0.39, 0.29) is 5.91 Å². The standard InChI is InChI=1S/C15H18N2OS/c1-11(14-7-8-19-10-14)16-9-13-5-3-4-6-15(13)17-12(2)18/h3-8,10-11,16H,9H2,1-2H3,(H,17,18). The minimum absolute atomic E-state index is 0.0432. The van der Waals surface area contributed by atoms with Crippen LogP contribution in [0.3, 0.4) is 0 Å². The van der Waals surface area contributed by atoms with Crippen LogP contribution in [0.4, 0.5) is 5.69 Å². The van der Waals surface area contributed by atoms with Crippen LogP contribution in [0, 0.1) is 0 Å². The minimum Gasteiger partial charge on any atom is -0.326 e. The Kier molecular flexibility index (Phi) is 4.71. The molecule has 1 amide bonds. The Hall–Kier alpha value is -1.65. The van der Waals surface area contributed by atoms with E-state index in [1.54, 1.807) is 11.3 Å². The number of hydrogen-bond donors (Lipinski definition) is 2. The van der Waals surface area contributed by atoms with E-state index in [4.69, 9.17) is 0 Å². The molecule has 1 aromatic carbocycles. The molecule has 2 rings (SSSR count). The van der Waals surface area contributed by atoms with Crippen molar-refractivity contribution in [3.05, 3.63) is 52.2 Å². The van der Waals surface area contributed by atoms with E-state index in [1.165, 1.54) is 12.5 Å². The zero-order valence-corrected chi connectivity index (χ0v) is 12.0. The Bertz CT molecular complexity index is 537. The van der Waals surface area contributed by atoms with Gasteiger partial charge in [0.15, 0.2) is 0 Å². The van der Waals surface area contributed by atoms with Crippen molar-refractivity contribution in [3.8, 4) is 0 Å². The predicted molar refractivity (Wildman–Crippen MR) is 80.3 cm³/mol. The van der Waals surface area contributed by atoms with Gasteiger partial charge in [0.2, 0.25) is 5.91 Å². The van der Waals surface area contributed by atoms with Crippen LogP contribution in [-0.2, 0) is 11.3 Å². The molecule has 4 heteroatoms. The average Bonchev–Trinajstić information content (AvgIpc) is 2.90. The number of thiophene rings is 1. The second-order valence-corrected chi connectivity index (χ2v) is 5.28. The van der Waals surface area contributed by atoms with Crippen LogP contribution in [0.2, 0.25) is 0 Å². The Morgan fingerprint density at radius 3 is 2.79 bits per heavy atom. The molecule has 2 aromatic rings. The molecule has 0 spiro atoms. The first kappa shape index (κ1) is 13.8. The maximum atomic E-state index is 11.2. The largest absolute Gasteiger partial charge is 0.326 e. The molecule has 100 valence electrons. The summed E-state index contributed by atoms with van der Waals surface area (Å²) in [5, 5.41) is 10.6. The molecule has 1 aromatic heterocycles.